The molecule has 2 aromatic rings. The second kappa shape index (κ2) is 4.93. The van der Waals surface area contributed by atoms with Crippen LogP contribution in [0.5, 0.6) is 0 Å². The van der Waals surface area contributed by atoms with Crippen LogP contribution in [0.3, 0.4) is 0 Å². The van der Waals surface area contributed by atoms with Gasteiger partial charge in [-0.1, -0.05) is 29.3 Å². The lowest BCUT2D eigenvalue weighted by Crippen LogP contribution is -2.29. The first kappa shape index (κ1) is 12.2. The molecular weight excluding hydrogens is 261 g/mol. The highest BCUT2D eigenvalue weighted by molar-refractivity contribution is 6.42. The number of nitrogen functional groups attached to an aromatic ring is 1. The first-order valence-corrected chi connectivity index (χ1v) is 5.59. The van der Waals surface area contributed by atoms with Crippen LogP contribution in [0.25, 0.3) is 0 Å². The molecule has 2 rings (SSSR count). The van der Waals surface area contributed by atoms with E-state index >= 15 is 0 Å². The molecule has 0 aliphatic rings. The van der Waals surface area contributed by atoms with Gasteiger partial charge in [-0.2, -0.15) is 5.10 Å². The number of aromatic amines is 1. The third-order valence-corrected chi connectivity index (χ3v) is 3.19. The number of nitrogens with two attached hydrogens (primary N) is 2. The minimum absolute atomic E-state index is 0.288. The Labute approximate surface area is 108 Å². The molecule has 0 saturated heterocycles. The molecule has 0 fully saturated rings. The molecule has 5 nitrogen and oxygen atoms in total. The van der Waals surface area contributed by atoms with E-state index in [0.29, 0.717) is 15.9 Å². The fraction of sp³-hybridized carbons (Fsp3) is 0.100. The minimum Gasteiger partial charge on any atom is -0.384 e. The highest BCUT2D eigenvalue weighted by Gasteiger charge is 2.17. The Hall–Kier alpha value is -1.27. The van der Waals surface area contributed by atoms with E-state index in [0.717, 1.165) is 11.1 Å². The molecule has 0 aliphatic heterocycles. The Morgan fingerprint density at radius 1 is 1.29 bits per heavy atom. The summed E-state index contributed by atoms with van der Waals surface area (Å²) in [7, 11) is 0. The zero-order chi connectivity index (χ0) is 12.4. The molecule has 0 spiro atoms. The van der Waals surface area contributed by atoms with Crippen molar-refractivity contribution >= 4 is 29.0 Å². The number of hydrogen-bond donors (Lipinski definition) is 4. The summed E-state index contributed by atoms with van der Waals surface area (Å²) in [5.41, 5.74) is 10.0. The van der Waals surface area contributed by atoms with Gasteiger partial charge in [-0.3, -0.25) is 10.9 Å². The van der Waals surface area contributed by atoms with Gasteiger partial charge in [-0.25, -0.2) is 5.43 Å². The summed E-state index contributed by atoms with van der Waals surface area (Å²) < 4.78 is 0. The third-order valence-electron chi connectivity index (χ3n) is 2.45. The van der Waals surface area contributed by atoms with Gasteiger partial charge in [-0.15, -0.1) is 0 Å². The van der Waals surface area contributed by atoms with Gasteiger partial charge in [0.1, 0.15) is 5.82 Å². The van der Waals surface area contributed by atoms with Gasteiger partial charge in [0.15, 0.2) is 0 Å². The molecule has 0 saturated carbocycles. The van der Waals surface area contributed by atoms with Crippen LogP contribution >= 0.6 is 23.2 Å². The molecule has 1 atom stereocenters. The van der Waals surface area contributed by atoms with E-state index < -0.39 is 0 Å². The zero-order valence-electron chi connectivity index (χ0n) is 8.74. The lowest BCUT2D eigenvalue weighted by Gasteiger charge is -2.16. The third kappa shape index (κ3) is 2.37. The van der Waals surface area contributed by atoms with Gasteiger partial charge >= 0.3 is 0 Å². The first-order chi connectivity index (χ1) is 8.13. The number of nitrogens with one attached hydrogen (secondary N) is 2. The Bertz CT molecular complexity index is 525. The van der Waals surface area contributed by atoms with Gasteiger partial charge in [0.2, 0.25) is 0 Å². The van der Waals surface area contributed by atoms with Crippen LogP contribution in [0.1, 0.15) is 17.2 Å². The van der Waals surface area contributed by atoms with Crippen molar-refractivity contribution in [3.05, 3.63) is 45.6 Å². The van der Waals surface area contributed by atoms with E-state index in [-0.39, 0.29) is 6.04 Å². The van der Waals surface area contributed by atoms with Gasteiger partial charge in [0, 0.05) is 5.56 Å². The molecule has 0 bridgehead atoms. The maximum absolute atomic E-state index is 5.96. The predicted octanol–water partition coefficient (Wildman–Crippen LogP) is 1.85. The molecule has 1 aromatic carbocycles. The van der Waals surface area contributed by atoms with Crippen LogP contribution < -0.4 is 17.0 Å². The minimum atomic E-state index is -0.288. The first-order valence-electron chi connectivity index (χ1n) is 4.83. The van der Waals surface area contributed by atoms with Gasteiger partial charge in [0.25, 0.3) is 0 Å². The SMILES string of the molecule is NNC(c1ccc(Cl)c(Cl)c1)c1cn[nH]c1N. The van der Waals surface area contributed by atoms with Crippen LogP contribution in [0.15, 0.2) is 24.4 Å². The zero-order valence-corrected chi connectivity index (χ0v) is 10.3. The molecule has 17 heavy (non-hydrogen) atoms. The Morgan fingerprint density at radius 3 is 2.59 bits per heavy atom. The van der Waals surface area contributed by atoms with Crippen molar-refractivity contribution in [3.8, 4) is 0 Å². The average molecular weight is 272 g/mol. The van der Waals surface area contributed by atoms with Crippen molar-refractivity contribution in [3.63, 3.8) is 0 Å². The highest BCUT2D eigenvalue weighted by atomic mass is 35.5. The van der Waals surface area contributed by atoms with Crippen molar-refractivity contribution in [1.82, 2.24) is 15.6 Å². The smallest absolute Gasteiger partial charge is 0.124 e. The Morgan fingerprint density at radius 2 is 2.06 bits per heavy atom. The maximum Gasteiger partial charge on any atom is 0.124 e. The lowest BCUT2D eigenvalue weighted by molar-refractivity contribution is 0.639. The van der Waals surface area contributed by atoms with Crippen molar-refractivity contribution in [1.29, 1.82) is 0 Å². The number of nitrogens with zero attached hydrogens (tertiary/aromatic N) is 1. The van der Waals surface area contributed by atoms with Crippen molar-refractivity contribution in [2.75, 3.05) is 5.73 Å². The summed E-state index contributed by atoms with van der Waals surface area (Å²) in [5.74, 6) is 5.99. The molecule has 1 aromatic heterocycles. The van der Waals surface area contributed by atoms with Crippen molar-refractivity contribution < 1.29 is 0 Å². The summed E-state index contributed by atoms with van der Waals surface area (Å²) in [6, 6.07) is 4.98. The van der Waals surface area contributed by atoms with Crippen molar-refractivity contribution in [2.24, 2.45) is 5.84 Å². The Kier molecular flexibility index (Phi) is 3.54. The van der Waals surface area contributed by atoms with Gasteiger partial charge < -0.3 is 5.73 Å². The molecular formula is C10H11Cl2N5. The van der Waals surface area contributed by atoms with Gasteiger partial charge in [0.05, 0.1) is 22.3 Å². The summed E-state index contributed by atoms with van der Waals surface area (Å²) in [6.07, 6.45) is 1.61. The van der Waals surface area contributed by atoms with E-state index in [1.165, 1.54) is 0 Å². The molecule has 7 heteroatoms. The van der Waals surface area contributed by atoms with Crippen LogP contribution in [0.4, 0.5) is 5.82 Å². The largest absolute Gasteiger partial charge is 0.384 e. The molecule has 90 valence electrons. The lowest BCUT2D eigenvalue weighted by atomic mass is 10.0. The van der Waals surface area contributed by atoms with Crippen LogP contribution in [-0.4, -0.2) is 10.2 Å². The van der Waals surface area contributed by atoms with E-state index in [4.69, 9.17) is 34.8 Å². The van der Waals surface area contributed by atoms with Crippen LogP contribution in [0.2, 0.25) is 10.0 Å². The summed E-state index contributed by atoms with van der Waals surface area (Å²) in [4.78, 5) is 0. The number of halogens is 2. The number of rotatable bonds is 3. The van der Waals surface area contributed by atoms with Crippen molar-refractivity contribution in [2.45, 2.75) is 6.04 Å². The van der Waals surface area contributed by atoms with Gasteiger partial charge in [-0.05, 0) is 17.7 Å². The summed E-state index contributed by atoms with van der Waals surface area (Å²) >= 11 is 11.8. The quantitative estimate of drug-likeness (QED) is 0.506. The maximum atomic E-state index is 5.96. The monoisotopic (exact) mass is 271 g/mol. The molecule has 1 heterocycles. The number of H-pyrrole nitrogens is 1. The second-order valence-corrected chi connectivity index (χ2v) is 4.33. The summed E-state index contributed by atoms with van der Waals surface area (Å²) in [6.45, 7) is 0. The predicted molar refractivity (Wildman–Crippen MR) is 68.6 cm³/mol. The van der Waals surface area contributed by atoms with E-state index in [9.17, 15) is 0 Å². The van der Waals surface area contributed by atoms with E-state index in [2.05, 4.69) is 15.6 Å². The molecule has 0 aliphatic carbocycles. The number of anilines is 1. The van der Waals surface area contributed by atoms with E-state index in [1.807, 2.05) is 6.07 Å². The fourth-order valence-electron chi connectivity index (χ4n) is 1.59. The second-order valence-electron chi connectivity index (χ2n) is 3.51. The molecule has 0 radical (unpaired) electrons. The number of aromatic nitrogens is 2. The molecule has 6 N–H and O–H groups in total. The highest BCUT2D eigenvalue weighted by Crippen LogP contribution is 2.29. The number of hydrogen-bond acceptors (Lipinski definition) is 4. The average Bonchev–Trinajstić information content (AvgIpc) is 2.71. The standard InChI is InChI=1S/C10H11Cl2N5/c11-7-2-1-5(3-8(7)12)9(16-14)6-4-15-17-10(6)13/h1-4,9,16H,14H2,(H3,13,15,17). The fourth-order valence-corrected chi connectivity index (χ4v) is 1.90. The number of hydrazine groups is 1. The normalized spacial score (nSPS) is 12.6. The molecule has 1 unspecified atom stereocenters. The summed E-state index contributed by atoms with van der Waals surface area (Å²) in [5, 5.41) is 7.46. The topological polar surface area (TPSA) is 92.7 Å². The Balaban J connectivity index is 2.42. The molecule has 0 amide bonds. The van der Waals surface area contributed by atoms with E-state index in [1.54, 1.807) is 18.3 Å². The van der Waals surface area contributed by atoms with Crippen LogP contribution in [0, 0.1) is 0 Å². The number of benzene rings is 1. The van der Waals surface area contributed by atoms with Crippen LogP contribution in [-0.2, 0) is 0 Å².